The van der Waals surface area contributed by atoms with Crippen molar-refractivity contribution < 1.29 is 17.6 Å². The second-order valence-electron chi connectivity index (χ2n) is 7.37. The van der Waals surface area contributed by atoms with Crippen molar-refractivity contribution in [2.45, 2.75) is 37.5 Å². The number of rotatable bonds is 6. The molecule has 0 radical (unpaired) electrons. The first kappa shape index (κ1) is 20.6. The molecule has 1 fully saturated rings. The van der Waals surface area contributed by atoms with Gasteiger partial charge in [0.1, 0.15) is 5.75 Å². The summed E-state index contributed by atoms with van der Waals surface area (Å²) in [7, 11) is -3.60. The third-order valence-electron chi connectivity index (χ3n) is 5.32. The second-order valence-corrected chi connectivity index (χ2v) is 9.30. The van der Waals surface area contributed by atoms with E-state index in [-0.39, 0.29) is 10.8 Å². The quantitative estimate of drug-likeness (QED) is 0.591. The summed E-state index contributed by atoms with van der Waals surface area (Å²) in [5.74, 6) is 1.48. The monoisotopic (exact) mass is 427 g/mol. The fraction of sp³-hybridized carbons (Fsp3) is 0.364. The molecule has 0 N–H and O–H groups in total. The van der Waals surface area contributed by atoms with Gasteiger partial charge >= 0.3 is 0 Å². The van der Waals surface area contributed by atoms with Gasteiger partial charge in [-0.25, -0.2) is 8.42 Å². The topological polar surface area (TPSA) is 85.5 Å². The van der Waals surface area contributed by atoms with Gasteiger partial charge in [0.05, 0.1) is 17.4 Å². The second kappa shape index (κ2) is 8.57. The number of ether oxygens (including phenoxy) is 1. The van der Waals surface area contributed by atoms with Crippen molar-refractivity contribution >= 4 is 10.0 Å². The first-order valence-corrected chi connectivity index (χ1v) is 11.6. The van der Waals surface area contributed by atoms with Gasteiger partial charge in [-0.2, -0.15) is 4.31 Å². The van der Waals surface area contributed by atoms with Gasteiger partial charge in [0.15, 0.2) is 0 Å². The van der Waals surface area contributed by atoms with Gasteiger partial charge in [-0.1, -0.05) is 18.2 Å². The standard InChI is InChI=1S/C22H25N3O4S/c1-3-28-18-10-12-19(13-11-18)30(26,27)25-14-6-8-17(15-25)21-23-24-22(29-21)20-9-5-4-7-16(20)2/h4-5,7,9-13,17H,3,6,8,14-15H2,1-2H3/t17-/m1/s1. The number of benzene rings is 2. The summed E-state index contributed by atoms with van der Waals surface area (Å²) < 4.78 is 39.1. The van der Waals surface area contributed by atoms with Gasteiger partial charge in [-0.15, -0.1) is 10.2 Å². The molecule has 2 heterocycles. The maximum absolute atomic E-state index is 13.1. The summed E-state index contributed by atoms with van der Waals surface area (Å²) in [6.45, 7) is 5.22. The number of sulfonamides is 1. The van der Waals surface area contributed by atoms with Crippen molar-refractivity contribution in [3.05, 3.63) is 60.0 Å². The zero-order valence-corrected chi connectivity index (χ0v) is 17.9. The molecule has 0 aliphatic carbocycles. The molecule has 1 aliphatic rings. The van der Waals surface area contributed by atoms with E-state index in [1.54, 1.807) is 24.3 Å². The Morgan fingerprint density at radius 2 is 1.90 bits per heavy atom. The van der Waals surface area contributed by atoms with Gasteiger partial charge in [-0.05, 0) is 62.6 Å². The summed E-state index contributed by atoms with van der Waals surface area (Å²) in [4.78, 5) is 0.262. The van der Waals surface area contributed by atoms with E-state index in [1.807, 2.05) is 38.1 Å². The molecule has 0 spiro atoms. The summed E-state index contributed by atoms with van der Waals surface area (Å²) in [5.41, 5.74) is 1.95. The average molecular weight is 428 g/mol. The Hall–Kier alpha value is -2.71. The lowest BCUT2D eigenvalue weighted by Crippen LogP contribution is -2.39. The number of nitrogens with zero attached hydrogens (tertiary/aromatic N) is 3. The smallest absolute Gasteiger partial charge is 0.248 e. The van der Waals surface area contributed by atoms with Crippen LogP contribution in [0.15, 0.2) is 57.8 Å². The average Bonchev–Trinajstić information content (AvgIpc) is 3.25. The molecule has 4 rings (SSSR count). The Bertz CT molecular complexity index is 1110. The molecule has 0 bridgehead atoms. The van der Waals surface area contributed by atoms with Gasteiger partial charge in [0.2, 0.25) is 21.8 Å². The van der Waals surface area contributed by atoms with Crippen molar-refractivity contribution in [2.24, 2.45) is 0 Å². The maximum atomic E-state index is 13.1. The minimum absolute atomic E-state index is 0.124. The summed E-state index contributed by atoms with van der Waals surface area (Å²) >= 11 is 0. The molecular weight excluding hydrogens is 402 g/mol. The third-order valence-corrected chi connectivity index (χ3v) is 7.20. The van der Waals surface area contributed by atoms with E-state index in [0.29, 0.717) is 37.2 Å². The highest BCUT2D eigenvalue weighted by molar-refractivity contribution is 7.89. The maximum Gasteiger partial charge on any atom is 0.248 e. The number of hydrogen-bond donors (Lipinski definition) is 0. The molecule has 1 aliphatic heterocycles. The first-order valence-electron chi connectivity index (χ1n) is 10.1. The minimum Gasteiger partial charge on any atom is -0.494 e. The fourth-order valence-electron chi connectivity index (χ4n) is 3.71. The van der Waals surface area contributed by atoms with Crippen LogP contribution < -0.4 is 4.74 Å². The van der Waals surface area contributed by atoms with Crippen LogP contribution in [0.4, 0.5) is 0 Å². The number of aryl methyl sites for hydroxylation is 1. The van der Waals surface area contributed by atoms with E-state index in [9.17, 15) is 8.42 Å². The first-order chi connectivity index (χ1) is 14.5. The van der Waals surface area contributed by atoms with Crippen molar-refractivity contribution in [3.8, 4) is 17.2 Å². The molecule has 0 amide bonds. The van der Waals surface area contributed by atoms with Crippen LogP contribution in [0.25, 0.3) is 11.5 Å². The zero-order valence-electron chi connectivity index (χ0n) is 17.1. The van der Waals surface area contributed by atoms with E-state index in [1.165, 1.54) is 4.31 Å². The van der Waals surface area contributed by atoms with Crippen molar-refractivity contribution in [2.75, 3.05) is 19.7 Å². The van der Waals surface area contributed by atoms with Crippen LogP contribution in [0.5, 0.6) is 5.75 Å². The lowest BCUT2D eigenvalue weighted by molar-refractivity contribution is 0.286. The highest BCUT2D eigenvalue weighted by Gasteiger charge is 2.33. The van der Waals surface area contributed by atoms with Crippen LogP contribution >= 0.6 is 0 Å². The minimum atomic E-state index is -3.60. The van der Waals surface area contributed by atoms with E-state index >= 15 is 0 Å². The van der Waals surface area contributed by atoms with Crippen molar-refractivity contribution in [3.63, 3.8) is 0 Å². The molecule has 1 atom stereocenters. The lowest BCUT2D eigenvalue weighted by Gasteiger charge is -2.30. The van der Waals surface area contributed by atoms with E-state index in [2.05, 4.69) is 10.2 Å². The van der Waals surface area contributed by atoms with Crippen LogP contribution in [0.1, 0.15) is 37.1 Å². The normalized spacial score (nSPS) is 17.7. The molecule has 30 heavy (non-hydrogen) atoms. The summed E-state index contributed by atoms with van der Waals surface area (Å²) in [6.07, 6.45) is 1.55. The lowest BCUT2D eigenvalue weighted by atomic mass is 10.00. The summed E-state index contributed by atoms with van der Waals surface area (Å²) in [6, 6.07) is 14.4. The molecular formula is C22H25N3O4S. The van der Waals surface area contributed by atoms with Gasteiger partial charge in [-0.3, -0.25) is 0 Å². The molecule has 2 aromatic carbocycles. The number of aromatic nitrogens is 2. The molecule has 0 saturated carbocycles. The highest BCUT2D eigenvalue weighted by atomic mass is 32.2. The van der Waals surface area contributed by atoms with Crippen LogP contribution in [-0.4, -0.2) is 42.6 Å². The van der Waals surface area contributed by atoms with Crippen LogP contribution in [0, 0.1) is 6.92 Å². The van der Waals surface area contributed by atoms with E-state index in [4.69, 9.17) is 9.15 Å². The molecule has 1 aromatic heterocycles. The zero-order chi connectivity index (χ0) is 21.1. The van der Waals surface area contributed by atoms with Gasteiger partial charge < -0.3 is 9.15 Å². The largest absolute Gasteiger partial charge is 0.494 e. The Kier molecular flexibility index (Phi) is 5.87. The molecule has 7 nitrogen and oxygen atoms in total. The third kappa shape index (κ3) is 4.11. The SMILES string of the molecule is CCOc1ccc(S(=O)(=O)N2CCC[C@@H](c3nnc(-c4ccccc4C)o3)C2)cc1. The Morgan fingerprint density at radius 3 is 2.63 bits per heavy atom. The molecule has 8 heteroatoms. The molecule has 0 unspecified atom stereocenters. The number of hydrogen-bond acceptors (Lipinski definition) is 6. The fourth-order valence-corrected chi connectivity index (χ4v) is 5.23. The number of piperidine rings is 1. The Labute approximate surface area is 176 Å². The molecule has 3 aromatic rings. The highest BCUT2D eigenvalue weighted by Crippen LogP contribution is 2.32. The predicted molar refractivity (Wildman–Crippen MR) is 113 cm³/mol. The Morgan fingerprint density at radius 1 is 1.13 bits per heavy atom. The summed E-state index contributed by atoms with van der Waals surface area (Å²) in [5, 5.41) is 8.42. The van der Waals surface area contributed by atoms with Crippen LogP contribution in [0.2, 0.25) is 0 Å². The van der Waals surface area contributed by atoms with Crippen LogP contribution in [0.3, 0.4) is 0 Å². The van der Waals surface area contributed by atoms with Crippen molar-refractivity contribution in [1.82, 2.24) is 14.5 Å². The Balaban J connectivity index is 1.53. The van der Waals surface area contributed by atoms with E-state index < -0.39 is 10.0 Å². The van der Waals surface area contributed by atoms with E-state index in [0.717, 1.165) is 24.0 Å². The van der Waals surface area contributed by atoms with Crippen molar-refractivity contribution in [1.29, 1.82) is 0 Å². The van der Waals surface area contributed by atoms with Crippen LogP contribution in [-0.2, 0) is 10.0 Å². The molecule has 1 saturated heterocycles. The van der Waals surface area contributed by atoms with Gasteiger partial charge in [0, 0.05) is 18.7 Å². The molecule has 158 valence electrons. The predicted octanol–water partition coefficient (Wildman–Crippen LogP) is 4.01. The van der Waals surface area contributed by atoms with Gasteiger partial charge in [0.25, 0.3) is 0 Å².